The number of nitrogens with zero attached hydrogens (tertiary/aromatic N) is 1. The van der Waals surface area contributed by atoms with E-state index in [0.29, 0.717) is 23.4 Å². The van der Waals surface area contributed by atoms with Gasteiger partial charge in [-0.25, -0.2) is 10.2 Å². The second kappa shape index (κ2) is 5.58. The van der Waals surface area contributed by atoms with Crippen LogP contribution in [0, 0.1) is 0 Å². The highest BCUT2D eigenvalue weighted by molar-refractivity contribution is 6.49. The first-order valence-corrected chi connectivity index (χ1v) is 6.55. The van der Waals surface area contributed by atoms with E-state index in [1.54, 1.807) is 18.2 Å². The lowest BCUT2D eigenvalue weighted by molar-refractivity contribution is 0.106. The number of fused-ring (bicyclic) bond motifs is 1. The Bertz CT molecular complexity index is 723. The topological polar surface area (TPSA) is 70.6 Å². The molecule has 2 amide bonds. The van der Waals surface area contributed by atoms with Crippen molar-refractivity contribution in [3.05, 3.63) is 65.7 Å². The summed E-state index contributed by atoms with van der Waals surface area (Å²) in [6, 6.07) is 15.9. The van der Waals surface area contributed by atoms with Crippen molar-refractivity contribution in [2.45, 2.75) is 6.42 Å². The number of benzene rings is 2. The Morgan fingerprint density at radius 2 is 1.71 bits per heavy atom. The maximum Gasteiger partial charge on any atom is 0.339 e. The summed E-state index contributed by atoms with van der Waals surface area (Å²) in [6.07, 6.45) is 0.445. The summed E-state index contributed by atoms with van der Waals surface area (Å²) in [4.78, 5) is 23.8. The first kappa shape index (κ1) is 13.1. The number of carbonyl (C=O) groups excluding carboxylic acids is 2. The largest absolute Gasteiger partial charge is 0.339 e. The second-order valence-corrected chi connectivity index (χ2v) is 4.65. The standard InChI is InChI=1S/C16H13N3O2/c20-15-13-9-5-4-6-11(13)10-14(15)18-19-16(21)17-12-7-2-1-3-8-12/h1-9H,10H2,(H2,17,19,21)/b18-14+. The number of amides is 2. The van der Waals surface area contributed by atoms with Crippen LogP contribution in [0.15, 0.2) is 59.7 Å². The van der Waals surface area contributed by atoms with Crippen molar-refractivity contribution in [3.8, 4) is 0 Å². The van der Waals surface area contributed by atoms with Crippen LogP contribution in [-0.2, 0) is 6.42 Å². The third-order valence-electron chi connectivity index (χ3n) is 3.21. The van der Waals surface area contributed by atoms with Gasteiger partial charge in [0.1, 0.15) is 5.71 Å². The Kier molecular flexibility index (Phi) is 3.47. The minimum Gasteiger partial charge on any atom is -0.307 e. The highest BCUT2D eigenvalue weighted by atomic mass is 16.2. The highest BCUT2D eigenvalue weighted by Gasteiger charge is 2.25. The predicted molar refractivity (Wildman–Crippen MR) is 80.5 cm³/mol. The maximum atomic E-state index is 12.1. The molecular formula is C16H13N3O2. The molecule has 5 heteroatoms. The molecule has 1 aliphatic carbocycles. The summed E-state index contributed by atoms with van der Waals surface area (Å²) < 4.78 is 0. The van der Waals surface area contributed by atoms with Gasteiger partial charge >= 0.3 is 6.03 Å². The lowest BCUT2D eigenvalue weighted by atomic mass is 10.1. The van der Waals surface area contributed by atoms with E-state index in [-0.39, 0.29) is 5.78 Å². The zero-order valence-electron chi connectivity index (χ0n) is 11.2. The number of nitrogens with one attached hydrogen (secondary N) is 2. The Labute approximate surface area is 121 Å². The van der Waals surface area contributed by atoms with Crippen LogP contribution in [0.3, 0.4) is 0 Å². The van der Waals surface area contributed by atoms with Crippen molar-refractivity contribution in [3.63, 3.8) is 0 Å². The molecule has 0 radical (unpaired) electrons. The minimum atomic E-state index is -0.475. The summed E-state index contributed by atoms with van der Waals surface area (Å²) in [7, 11) is 0. The molecule has 104 valence electrons. The summed E-state index contributed by atoms with van der Waals surface area (Å²) in [5, 5.41) is 6.55. The van der Waals surface area contributed by atoms with Crippen LogP contribution in [0.1, 0.15) is 15.9 Å². The number of rotatable bonds is 2. The SMILES string of the molecule is O=C(N/N=C1\Cc2ccccc2C1=O)Nc1ccccc1. The van der Waals surface area contributed by atoms with Crippen molar-refractivity contribution >= 4 is 23.2 Å². The number of anilines is 1. The predicted octanol–water partition coefficient (Wildman–Crippen LogP) is 2.60. The molecule has 0 saturated carbocycles. The third kappa shape index (κ3) is 2.81. The van der Waals surface area contributed by atoms with Crippen LogP contribution in [0.5, 0.6) is 0 Å². The molecule has 0 heterocycles. The van der Waals surface area contributed by atoms with Gasteiger partial charge in [-0.05, 0) is 17.7 Å². The average Bonchev–Trinajstić information content (AvgIpc) is 2.83. The molecule has 0 bridgehead atoms. The summed E-state index contributed by atoms with van der Waals surface area (Å²) in [6.45, 7) is 0. The molecule has 0 aromatic heterocycles. The van der Waals surface area contributed by atoms with Crippen molar-refractivity contribution in [1.82, 2.24) is 5.43 Å². The van der Waals surface area contributed by atoms with Crippen molar-refractivity contribution in [2.24, 2.45) is 5.10 Å². The Morgan fingerprint density at radius 1 is 1.00 bits per heavy atom. The van der Waals surface area contributed by atoms with Crippen LogP contribution in [-0.4, -0.2) is 17.5 Å². The zero-order chi connectivity index (χ0) is 14.7. The lowest BCUT2D eigenvalue weighted by Crippen LogP contribution is -2.26. The lowest BCUT2D eigenvalue weighted by Gasteiger charge is -2.03. The van der Waals surface area contributed by atoms with Gasteiger partial charge in [0.25, 0.3) is 0 Å². The van der Waals surface area contributed by atoms with Crippen LogP contribution < -0.4 is 10.7 Å². The molecule has 21 heavy (non-hydrogen) atoms. The van der Waals surface area contributed by atoms with Crippen molar-refractivity contribution in [1.29, 1.82) is 0 Å². The number of hydrazone groups is 1. The summed E-state index contributed by atoms with van der Waals surface area (Å²) in [5.41, 5.74) is 4.96. The molecule has 0 atom stereocenters. The van der Waals surface area contributed by atoms with E-state index in [4.69, 9.17) is 0 Å². The molecular weight excluding hydrogens is 266 g/mol. The molecule has 0 unspecified atom stereocenters. The molecule has 0 saturated heterocycles. The van der Waals surface area contributed by atoms with Crippen LogP contribution in [0.25, 0.3) is 0 Å². The van der Waals surface area contributed by atoms with E-state index < -0.39 is 6.03 Å². The second-order valence-electron chi connectivity index (χ2n) is 4.65. The number of carbonyl (C=O) groups is 2. The smallest absolute Gasteiger partial charge is 0.307 e. The van der Waals surface area contributed by atoms with E-state index in [0.717, 1.165) is 5.56 Å². The van der Waals surface area contributed by atoms with Crippen molar-refractivity contribution in [2.75, 3.05) is 5.32 Å². The number of urea groups is 1. The molecule has 2 N–H and O–H groups in total. The number of hydrogen-bond acceptors (Lipinski definition) is 3. The maximum absolute atomic E-state index is 12.1. The summed E-state index contributed by atoms with van der Waals surface area (Å²) in [5.74, 6) is -0.134. The molecule has 2 aromatic carbocycles. The quantitative estimate of drug-likeness (QED) is 0.829. The minimum absolute atomic E-state index is 0.134. The Hall–Kier alpha value is -2.95. The van der Waals surface area contributed by atoms with E-state index in [1.807, 2.05) is 36.4 Å². The van der Waals surface area contributed by atoms with Gasteiger partial charge in [0.05, 0.1) is 0 Å². The normalized spacial score (nSPS) is 14.9. The molecule has 0 spiro atoms. The third-order valence-corrected chi connectivity index (χ3v) is 3.21. The first-order chi connectivity index (χ1) is 10.2. The van der Waals surface area contributed by atoms with Crippen LogP contribution >= 0.6 is 0 Å². The fourth-order valence-electron chi connectivity index (χ4n) is 2.20. The van der Waals surface area contributed by atoms with Gasteiger partial charge in [-0.15, -0.1) is 0 Å². The fraction of sp³-hybridized carbons (Fsp3) is 0.0625. The molecule has 3 rings (SSSR count). The number of ketones is 1. The Balaban J connectivity index is 1.65. The number of para-hydroxylation sites is 1. The molecule has 5 nitrogen and oxygen atoms in total. The molecule has 0 aliphatic heterocycles. The fourth-order valence-corrected chi connectivity index (χ4v) is 2.20. The molecule has 2 aromatic rings. The molecule has 0 fully saturated rings. The average molecular weight is 279 g/mol. The van der Waals surface area contributed by atoms with E-state index in [1.165, 1.54) is 0 Å². The van der Waals surface area contributed by atoms with Crippen LogP contribution in [0.2, 0.25) is 0 Å². The van der Waals surface area contributed by atoms with Gasteiger partial charge in [-0.2, -0.15) is 5.10 Å². The van der Waals surface area contributed by atoms with Gasteiger partial charge in [0.15, 0.2) is 0 Å². The van der Waals surface area contributed by atoms with E-state index in [9.17, 15) is 9.59 Å². The van der Waals surface area contributed by atoms with Gasteiger partial charge in [0.2, 0.25) is 5.78 Å². The first-order valence-electron chi connectivity index (χ1n) is 6.55. The van der Waals surface area contributed by atoms with Crippen LogP contribution in [0.4, 0.5) is 10.5 Å². The Morgan fingerprint density at radius 3 is 2.48 bits per heavy atom. The summed E-state index contributed by atoms with van der Waals surface area (Å²) >= 11 is 0. The van der Waals surface area contributed by atoms with Gasteiger partial charge < -0.3 is 5.32 Å². The number of Topliss-reactive ketones (excluding diaryl/α,β-unsaturated/α-hetero) is 1. The van der Waals surface area contributed by atoms with E-state index >= 15 is 0 Å². The van der Waals surface area contributed by atoms with Gasteiger partial charge in [-0.3, -0.25) is 4.79 Å². The van der Waals surface area contributed by atoms with Crippen molar-refractivity contribution < 1.29 is 9.59 Å². The van der Waals surface area contributed by atoms with Gasteiger partial charge in [-0.1, -0.05) is 42.5 Å². The number of hydrogen-bond donors (Lipinski definition) is 2. The van der Waals surface area contributed by atoms with Gasteiger partial charge in [0, 0.05) is 17.7 Å². The monoisotopic (exact) mass is 279 g/mol. The molecule has 1 aliphatic rings. The van der Waals surface area contributed by atoms with E-state index in [2.05, 4.69) is 15.8 Å². The highest BCUT2D eigenvalue weighted by Crippen LogP contribution is 2.19. The zero-order valence-corrected chi connectivity index (χ0v) is 11.2.